The van der Waals surface area contributed by atoms with Gasteiger partial charge in [-0.15, -0.1) is 0 Å². The van der Waals surface area contributed by atoms with Crippen molar-refractivity contribution in [3.05, 3.63) is 151 Å². The number of nitrogens with one attached hydrogen (secondary N) is 1. The summed E-state index contributed by atoms with van der Waals surface area (Å²) in [6.07, 6.45) is 1.41. The number of benzene rings is 4. The van der Waals surface area contributed by atoms with E-state index in [-0.39, 0.29) is 18.0 Å². The van der Waals surface area contributed by atoms with Crippen molar-refractivity contribution >= 4 is 27.2 Å². The van der Waals surface area contributed by atoms with E-state index in [4.69, 9.17) is 0 Å². The lowest BCUT2D eigenvalue weighted by molar-refractivity contribution is 0.401. The summed E-state index contributed by atoms with van der Waals surface area (Å²) in [6.45, 7) is 0.516. The van der Waals surface area contributed by atoms with Gasteiger partial charge in [0.1, 0.15) is 10.7 Å². The molecule has 6 nitrogen and oxygen atoms in total. The van der Waals surface area contributed by atoms with Crippen LogP contribution >= 0.6 is 0 Å². The van der Waals surface area contributed by atoms with E-state index in [1.54, 1.807) is 12.1 Å². The van der Waals surface area contributed by atoms with E-state index in [1.165, 1.54) is 10.5 Å². The first-order valence-electron chi connectivity index (χ1n) is 12.3. The molecule has 0 saturated heterocycles. The minimum atomic E-state index is -3.82. The second kappa shape index (κ2) is 11.7. The molecule has 5 rings (SSSR count). The molecule has 0 aliphatic carbocycles. The van der Waals surface area contributed by atoms with Gasteiger partial charge in [0.25, 0.3) is 0 Å². The summed E-state index contributed by atoms with van der Waals surface area (Å²) >= 11 is 0. The maximum Gasteiger partial charge on any atom is 0.245 e. The fraction of sp³-hybridized carbons (Fsp3) is 0.0645. The van der Waals surface area contributed by atoms with Crippen LogP contribution in [-0.2, 0) is 23.1 Å². The van der Waals surface area contributed by atoms with Crippen molar-refractivity contribution in [2.75, 3.05) is 10.4 Å². The molecule has 0 saturated carbocycles. The Kier molecular flexibility index (Phi) is 7.78. The molecule has 5 aromatic rings. The zero-order chi connectivity index (χ0) is 26.2. The van der Waals surface area contributed by atoms with Crippen LogP contribution in [0.1, 0.15) is 11.1 Å². The number of hydrogen-bond donors (Lipinski definition) is 1. The second-order valence-corrected chi connectivity index (χ2v) is 10.7. The van der Waals surface area contributed by atoms with Crippen LogP contribution in [0.25, 0.3) is 0 Å². The van der Waals surface area contributed by atoms with Crippen molar-refractivity contribution in [3.8, 4) is 0 Å². The smallest absolute Gasteiger partial charge is 0.245 e. The SMILES string of the molecule is O=S(=O)(c1ccc(NN(c2ccccc2)c2ccccc2)nc1)N(Cc1ccccc1)Cc1ccccc1. The highest BCUT2D eigenvalue weighted by atomic mass is 32.2. The Morgan fingerprint density at radius 2 is 1.03 bits per heavy atom. The molecule has 0 spiro atoms. The van der Waals surface area contributed by atoms with Gasteiger partial charge < -0.3 is 0 Å². The summed E-state index contributed by atoms with van der Waals surface area (Å²) in [5, 5.41) is 1.91. The van der Waals surface area contributed by atoms with E-state index in [9.17, 15) is 8.42 Å². The van der Waals surface area contributed by atoms with Crippen molar-refractivity contribution in [1.82, 2.24) is 9.29 Å². The third-order valence-electron chi connectivity index (χ3n) is 6.03. The molecule has 1 heterocycles. The lowest BCUT2D eigenvalue weighted by atomic mass is 10.2. The highest BCUT2D eigenvalue weighted by Crippen LogP contribution is 2.26. The van der Waals surface area contributed by atoms with Gasteiger partial charge in [-0.25, -0.2) is 13.4 Å². The molecule has 0 aliphatic heterocycles. The van der Waals surface area contributed by atoms with Crippen molar-refractivity contribution in [1.29, 1.82) is 0 Å². The van der Waals surface area contributed by atoms with Gasteiger partial charge in [-0.1, -0.05) is 97.1 Å². The minimum absolute atomic E-state index is 0.140. The van der Waals surface area contributed by atoms with E-state index >= 15 is 0 Å². The van der Waals surface area contributed by atoms with Crippen LogP contribution in [0.3, 0.4) is 0 Å². The molecule has 190 valence electrons. The van der Waals surface area contributed by atoms with Crippen molar-refractivity contribution in [2.24, 2.45) is 0 Å². The van der Waals surface area contributed by atoms with Crippen LogP contribution in [0.4, 0.5) is 17.2 Å². The van der Waals surface area contributed by atoms with Crippen molar-refractivity contribution < 1.29 is 8.42 Å². The summed E-state index contributed by atoms with van der Waals surface area (Å²) in [5.74, 6) is 0.523. The van der Waals surface area contributed by atoms with Gasteiger partial charge in [0.05, 0.1) is 11.4 Å². The number of hydrogen-bond acceptors (Lipinski definition) is 5. The van der Waals surface area contributed by atoms with Gasteiger partial charge in [0.15, 0.2) is 0 Å². The molecule has 4 aromatic carbocycles. The summed E-state index contributed by atoms with van der Waals surface area (Å²) in [5.41, 5.74) is 7.00. The number of sulfonamides is 1. The molecule has 7 heteroatoms. The van der Waals surface area contributed by atoms with Gasteiger partial charge >= 0.3 is 0 Å². The number of pyridine rings is 1. The Morgan fingerprint density at radius 1 is 0.579 bits per heavy atom. The molecule has 1 aromatic heterocycles. The van der Waals surface area contributed by atoms with Crippen LogP contribution in [0.15, 0.2) is 145 Å². The Morgan fingerprint density at radius 3 is 1.45 bits per heavy atom. The van der Waals surface area contributed by atoms with Crippen LogP contribution in [0, 0.1) is 0 Å². The first kappa shape index (κ1) is 25.2. The summed E-state index contributed by atoms with van der Waals surface area (Å²) < 4.78 is 29.0. The standard InChI is InChI=1S/C31H28N4O2S/c36-38(37,34(24-26-13-5-1-6-14-26)25-27-15-7-2-8-16-27)30-21-22-31(32-23-30)33-35(28-17-9-3-10-18-28)29-19-11-4-12-20-29/h1-23H,24-25H2,(H,32,33). The summed E-state index contributed by atoms with van der Waals surface area (Å²) in [6, 6.07) is 42.2. The molecule has 0 aliphatic rings. The average Bonchev–Trinajstić information content (AvgIpc) is 2.98. The van der Waals surface area contributed by atoms with E-state index in [2.05, 4.69) is 10.4 Å². The third-order valence-corrected chi connectivity index (χ3v) is 7.81. The number of para-hydroxylation sites is 2. The molecule has 0 atom stereocenters. The van der Waals surface area contributed by atoms with Gasteiger partial charge in [0.2, 0.25) is 10.0 Å². The van der Waals surface area contributed by atoms with Crippen LogP contribution in [0.2, 0.25) is 0 Å². The Hall–Kier alpha value is -4.46. The van der Waals surface area contributed by atoms with Crippen molar-refractivity contribution in [3.63, 3.8) is 0 Å². The van der Waals surface area contributed by atoms with E-state index in [0.29, 0.717) is 5.82 Å². The lowest BCUT2D eigenvalue weighted by Crippen LogP contribution is -2.30. The normalized spacial score (nSPS) is 11.3. The molecule has 0 unspecified atom stereocenters. The molecule has 0 fully saturated rings. The molecule has 0 radical (unpaired) electrons. The van der Waals surface area contributed by atoms with Crippen molar-refractivity contribution in [2.45, 2.75) is 18.0 Å². The predicted molar refractivity (Wildman–Crippen MR) is 152 cm³/mol. The van der Waals surface area contributed by atoms with E-state index < -0.39 is 10.0 Å². The average molecular weight is 521 g/mol. The number of anilines is 3. The molecule has 0 amide bonds. The zero-order valence-corrected chi connectivity index (χ0v) is 21.6. The highest BCUT2D eigenvalue weighted by molar-refractivity contribution is 7.89. The lowest BCUT2D eigenvalue weighted by Gasteiger charge is -2.26. The third kappa shape index (κ3) is 6.08. The predicted octanol–water partition coefficient (Wildman–Crippen LogP) is 6.64. The number of nitrogens with zero attached hydrogens (tertiary/aromatic N) is 3. The van der Waals surface area contributed by atoms with E-state index in [1.807, 2.05) is 126 Å². The fourth-order valence-electron chi connectivity index (χ4n) is 4.09. The first-order valence-corrected chi connectivity index (χ1v) is 13.7. The Labute approximate surface area is 223 Å². The minimum Gasteiger partial charge on any atom is -0.277 e. The Bertz CT molecular complexity index is 1450. The summed E-state index contributed by atoms with van der Waals surface area (Å²) in [7, 11) is -3.82. The van der Waals surface area contributed by atoms with Crippen LogP contribution in [0.5, 0.6) is 0 Å². The van der Waals surface area contributed by atoms with Gasteiger partial charge in [-0.05, 0) is 47.5 Å². The first-order chi connectivity index (χ1) is 18.6. The fourth-order valence-corrected chi connectivity index (χ4v) is 5.46. The van der Waals surface area contributed by atoms with Gasteiger partial charge in [-0.2, -0.15) is 4.31 Å². The number of hydrazine groups is 1. The maximum absolute atomic E-state index is 13.8. The number of rotatable bonds is 10. The van der Waals surface area contributed by atoms with Gasteiger partial charge in [-0.3, -0.25) is 10.4 Å². The monoisotopic (exact) mass is 520 g/mol. The topological polar surface area (TPSA) is 65.5 Å². The zero-order valence-electron chi connectivity index (χ0n) is 20.8. The molecule has 38 heavy (non-hydrogen) atoms. The quantitative estimate of drug-likeness (QED) is 0.209. The molecule has 0 bridgehead atoms. The van der Waals surface area contributed by atoms with E-state index in [0.717, 1.165) is 22.5 Å². The second-order valence-electron chi connectivity index (χ2n) is 8.74. The molecular weight excluding hydrogens is 492 g/mol. The number of aromatic nitrogens is 1. The molecular formula is C31H28N4O2S. The maximum atomic E-state index is 13.8. The molecule has 1 N–H and O–H groups in total. The van der Waals surface area contributed by atoms with Gasteiger partial charge in [0, 0.05) is 19.3 Å². The van der Waals surface area contributed by atoms with Crippen LogP contribution < -0.4 is 10.4 Å². The summed E-state index contributed by atoms with van der Waals surface area (Å²) in [4.78, 5) is 4.61. The largest absolute Gasteiger partial charge is 0.277 e. The Balaban J connectivity index is 1.41. The highest BCUT2D eigenvalue weighted by Gasteiger charge is 2.25. The van der Waals surface area contributed by atoms with Crippen LogP contribution in [-0.4, -0.2) is 17.7 Å².